The Bertz CT molecular complexity index is 759. The van der Waals surface area contributed by atoms with Gasteiger partial charge in [0, 0.05) is 31.8 Å². The minimum absolute atomic E-state index is 0.0904. The van der Waals surface area contributed by atoms with Gasteiger partial charge in [-0.3, -0.25) is 19.5 Å². The molecule has 2 heterocycles. The van der Waals surface area contributed by atoms with Gasteiger partial charge in [0.25, 0.3) is 0 Å². The summed E-state index contributed by atoms with van der Waals surface area (Å²) in [4.78, 5) is 30.7. The molecule has 1 aliphatic heterocycles. The number of aromatic nitrogens is 1. The highest BCUT2D eigenvalue weighted by Crippen LogP contribution is 2.22. The smallest absolute Gasteiger partial charge is 0.240 e. The van der Waals surface area contributed by atoms with E-state index in [1.807, 2.05) is 54.9 Å². The molecule has 1 aromatic carbocycles. The van der Waals surface area contributed by atoms with E-state index in [0.717, 1.165) is 38.0 Å². The van der Waals surface area contributed by atoms with E-state index in [1.165, 1.54) is 5.56 Å². The number of piperidine rings is 1. The number of nitrogens with one attached hydrogen (secondary N) is 1. The number of primary amides is 1. The van der Waals surface area contributed by atoms with E-state index in [-0.39, 0.29) is 5.91 Å². The van der Waals surface area contributed by atoms with Gasteiger partial charge in [0.1, 0.15) is 6.04 Å². The van der Waals surface area contributed by atoms with Crippen LogP contribution in [0.1, 0.15) is 30.4 Å². The Balaban J connectivity index is 1.43. The van der Waals surface area contributed by atoms with Crippen LogP contribution < -0.4 is 11.1 Å². The summed E-state index contributed by atoms with van der Waals surface area (Å²) in [7, 11) is 0. The minimum atomic E-state index is -0.665. The largest absolute Gasteiger partial charge is 0.368 e. The molecule has 148 valence electrons. The number of amides is 2. The normalized spacial score (nSPS) is 16.4. The zero-order valence-electron chi connectivity index (χ0n) is 16.1. The van der Waals surface area contributed by atoms with Crippen molar-refractivity contribution in [1.29, 1.82) is 0 Å². The number of pyridine rings is 1. The second-order valence-corrected chi connectivity index (χ2v) is 7.49. The number of nitrogens with zero attached hydrogens (tertiary/aromatic N) is 2. The van der Waals surface area contributed by atoms with Crippen molar-refractivity contribution in [2.45, 2.75) is 38.3 Å². The van der Waals surface area contributed by atoms with Crippen LogP contribution in [0.3, 0.4) is 0 Å². The van der Waals surface area contributed by atoms with Gasteiger partial charge in [-0.25, -0.2) is 0 Å². The maximum absolute atomic E-state index is 12.4. The van der Waals surface area contributed by atoms with Crippen LogP contribution in [-0.4, -0.2) is 40.8 Å². The van der Waals surface area contributed by atoms with Crippen LogP contribution in [0, 0.1) is 5.92 Å². The third-order valence-corrected chi connectivity index (χ3v) is 5.30. The molecule has 0 unspecified atom stereocenters. The topological polar surface area (TPSA) is 88.3 Å². The molecule has 0 radical (unpaired) electrons. The summed E-state index contributed by atoms with van der Waals surface area (Å²) in [6.07, 6.45) is 6.47. The Hall–Kier alpha value is -2.73. The minimum Gasteiger partial charge on any atom is -0.368 e. The summed E-state index contributed by atoms with van der Waals surface area (Å²) < 4.78 is 0. The van der Waals surface area contributed by atoms with Crippen LogP contribution >= 0.6 is 0 Å². The Morgan fingerprint density at radius 3 is 2.39 bits per heavy atom. The van der Waals surface area contributed by atoms with Crippen LogP contribution in [0.2, 0.25) is 0 Å². The molecule has 1 aliphatic rings. The lowest BCUT2D eigenvalue weighted by molar-refractivity contribution is -0.128. The maximum atomic E-state index is 12.4. The van der Waals surface area contributed by atoms with Crippen molar-refractivity contribution in [3.8, 4) is 0 Å². The van der Waals surface area contributed by atoms with Crippen molar-refractivity contribution in [2.24, 2.45) is 11.7 Å². The first kappa shape index (κ1) is 20.0. The van der Waals surface area contributed by atoms with Crippen LogP contribution in [0.25, 0.3) is 0 Å². The van der Waals surface area contributed by atoms with Crippen molar-refractivity contribution in [3.05, 3.63) is 66.0 Å². The molecule has 1 atom stereocenters. The number of hydrogen-bond acceptors (Lipinski definition) is 4. The SMILES string of the molecule is NC(=O)[C@H](Cc1ccccc1)NC(=O)CC1CCN(Cc2ccncc2)CC1. The highest BCUT2D eigenvalue weighted by atomic mass is 16.2. The number of benzene rings is 1. The number of carbonyl (C=O) groups excluding carboxylic acids is 2. The molecule has 2 amide bonds. The van der Waals surface area contributed by atoms with Crippen molar-refractivity contribution < 1.29 is 9.59 Å². The molecule has 3 rings (SSSR count). The standard InChI is InChI=1S/C22H28N4O2/c23-22(28)20(14-17-4-2-1-3-5-17)25-21(27)15-18-8-12-26(13-9-18)16-19-6-10-24-11-7-19/h1-7,10-11,18,20H,8-9,12-16H2,(H2,23,28)(H,25,27)/t20-/m0/s1. The molecule has 2 aromatic rings. The average molecular weight is 380 g/mol. The summed E-state index contributed by atoms with van der Waals surface area (Å²) in [5, 5.41) is 2.83. The molecular weight excluding hydrogens is 352 g/mol. The van der Waals surface area contributed by atoms with Crippen LogP contribution in [0.4, 0.5) is 0 Å². The van der Waals surface area contributed by atoms with E-state index in [4.69, 9.17) is 5.73 Å². The monoisotopic (exact) mass is 380 g/mol. The van der Waals surface area contributed by atoms with Crippen molar-refractivity contribution in [2.75, 3.05) is 13.1 Å². The number of nitrogens with two attached hydrogens (primary N) is 1. The Morgan fingerprint density at radius 1 is 1.07 bits per heavy atom. The van der Waals surface area contributed by atoms with Gasteiger partial charge in [0.05, 0.1) is 0 Å². The van der Waals surface area contributed by atoms with Gasteiger partial charge >= 0.3 is 0 Å². The van der Waals surface area contributed by atoms with E-state index < -0.39 is 11.9 Å². The predicted molar refractivity (Wildman–Crippen MR) is 108 cm³/mol. The first-order valence-corrected chi connectivity index (χ1v) is 9.84. The first-order valence-electron chi connectivity index (χ1n) is 9.84. The molecule has 0 aliphatic carbocycles. The lowest BCUT2D eigenvalue weighted by Gasteiger charge is -2.31. The second kappa shape index (κ2) is 9.99. The molecule has 3 N–H and O–H groups in total. The van der Waals surface area contributed by atoms with E-state index in [0.29, 0.717) is 18.8 Å². The van der Waals surface area contributed by atoms with Crippen LogP contribution in [0.5, 0.6) is 0 Å². The van der Waals surface area contributed by atoms with Gasteiger partial charge in [-0.1, -0.05) is 30.3 Å². The van der Waals surface area contributed by atoms with E-state index >= 15 is 0 Å². The van der Waals surface area contributed by atoms with Crippen LogP contribution in [-0.2, 0) is 22.6 Å². The van der Waals surface area contributed by atoms with E-state index in [9.17, 15) is 9.59 Å². The molecular formula is C22H28N4O2. The number of rotatable bonds is 8. The molecule has 6 nitrogen and oxygen atoms in total. The van der Waals surface area contributed by atoms with Gasteiger partial charge in [-0.15, -0.1) is 0 Å². The fraction of sp³-hybridized carbons (Fsp3) is 0.409. The van der Waals surface area contributed by atoms with Gasteiger partial charge in [0.2, 0.25) is 11.8 Å². The number of carbonyl (C=O) groups is 2. The zero-order chi connectivity index (χ0) is 19.8. The molecule has 0 saturated carbocycles. The van der Waals surface area contributed by atoms with E-state index in [2.05, 4.69) is 15.2 Å². The fourth-order valence-electron chi connectivity index (χ4n) is 3.68. The van der Waals surface area contributed by atoms with Gasteiger partial charge < -0.3 is 11.1 Å². The maximum Gasteiger partial charge on any atom is 0.240 e. The third kappa shape index (κ3) is 6.16. The van der Waals surface area contributed by atoms with Crippen molar-refractivity contribution in [3.63, 3.8) is 0 Å². The summed E-state index contributed by atoms with van der Waals surface area (Å²) in [6.45, 7) is 2.87. The molecule has 0 bridgehead atoms. The molecule has 0 spiro atoms. The molecule has 1 saturated heterocycles. The molecule has 6 heteroatoms. The molecule has 1 fully saturated rings. The number of likely N-dealkylation sites (tertiary alicyclic amines) is 1. The fourth-order valence-corrected chi connectivity index (χ4v) is 3.68. The Morgan fingerprint density at radius 2 is 1.75 bits per heavy atom. The molecule has 1 aromatic heterocycles. The average Bonchev–Trinajstić information content (AvgIpc) is 2.70. The first-order chi connectivity index (χ1) is 13.6. The quantitative estimate of drug-likeness (QED) is 0.732. The highest BCUT2D eigenvalue weighted by molar-refractivity contribution is 5.86. The lowest BCUT2D eigenvalue weighted by atomic mass is 9.92. The predicted octanol–water partition coefficient (Wildman–Crippen LogP) is 1.90. The van der Waals surface area contributed by atoms with E-state index in [1.54, 1.807) is 0 Å². The third-order valence-electron chi connectivity index (χ3n) is 5.30. The van der Waals surface area contributed by atoms with Crippen LogP contribution in [0.15, 0.2) is 54.9 Å². The number of hydrogen-bond donors (Lipinski definition) is 2. The van der Waals surface area contributed by atoms with Gasteiger partial charge in [0.15, 0.2) is 0 Å². The van der Waals surface area contributed by atoms with Gasteiger partial charge in [-0.2, -0.15) is 0 Å². The van der Waals surface area contributed by atoms with Crippen molar-refractivity contribution in [1.82, 2.24) is 15.2 Å². The summed E-state index contributed by atoms with van der Waals surface area (Å²) >= 11 is 0. The molecule has 28 heavy (non-hydrogen) atoms. The van der Waals surface area contributed by atoms with Gasteiger partial charge in [-0.05, 0) is 55.1 Å². The highest BCUT2D eigenvalue weighted by Gasteiger charge is 2.24. The summed E-state index contributed by atoms with van der Waals surface area (Å²) in [5.74, 6) is -0.240. The zero-order valence-corrected chi connectivity index (χ0v) is 16.1. The summed E-state index contributed by atoms with van der Waals surface area (Å²) in [6, 6.07) is 13.0. The Labute approximate surface area is 166 Å². The lowest BCUT2D eigenvalue weighted by Crippen LogP contribution is -2.46. The summed E-state index contributed by atoms with van der Waals surface area (Å²) in [5.41, 5.74) is 7.74. The van der Waals surface area contributed by atoms with Crippen molar-refractivity contribution >= 4 is 11.8 Å². The second-order valence-electron chi connectivity index (χ2n) is 7.49. The Kier molecular flexibility index (Phi) is 7.14.